The topological polar surface area (TPSA) is 0 Å². The number of hydrogen-bond donors (Lipinski definition) is 0. The summed E-state index contributed by atoms with van der Waals surface area (Å²) in [5.74, 6) is 0. The van der Waals surface area contributed by atoms with Gasteiger partial charge in [-0.25, -0.2) is 24.3 Å². The summed E-state index contributed by atoms with van der Waals surface area (Å²) in [6.07, 6.45) is 0. The SMILES string of the molecule is C[C](C)=[Zr]([Cl])[Cl].c1cc[cH-]c1.c1cc[cH-]c1. The van der Waals surface area contributed by atoms with Crippen molar-refractivity contribution in [3.63, 3.8) is 0 Å². The van der Waals surface area contributed by atoms with E-state index in [9.17, 15) is 0 Å². The summed E-state index contributed by atoms with van der Waals surface area (Å²) in [6, 6.07) is 20.0. The average Bonchev–Trinajstić information content (AvgIpc) is 2.97. The Morgan fingerprint density at radius 1 is 0.812 bits per heavy atom. The van der Waals surface area contributed by atoms with Crippen molar-refractivity contribution >= 4 is 20.2 Å². The molecule has 0 spiro atoms. The van der Waals surface area contributed by atoms with Crippen molar-refractivity contribution in [2.75, 3.05) is 0 Å². The second-order valence-corrected chi connectivity index (χ2v) is 12.5. The minimum Gasteiger partial charge on any atom is -0.214 e. The minimum atomic E-state index is -1.84. The quantitative estimate of drug-likeness (QED) is 0.599. The van der Waals surface area contributed by atoms with E-state index in [0.29, 0.717) is 0 Å². The molecule has 2 rings (SSSR count). The van der Waals surface area contributed by atoms with Crippen molar-refractivity contribution < 1.29 is 18.9 Å². The van der Waals surface area contributed by atoms with Gasteiger partial charge in [-0.05, 0) is 0 Å². The van der Waals surface area contributed by atoms with Gasteiger partial charge in [-0.1, -0.05) is 0 Å². The molecule has 0 aliphatic heterocycles. The van der Waals surface area contributed by atoms with Crippen molar-refractivity contribution in [3.05, 3.63) is 60.7 Å². The largest absolute Gasteiger partial charge is 0.214 e. The molecule has 0 saturated carbocycles. The predicted octanol–water partition coefficient (Wildman–Crippen LogP) is 4.94. The maximum atomic E-state index is 5.54. The van der Waals surface area contributed by atoms with Crippen molar-refractivity contribution in [1.29, 1.82) is 0 Å². The van der Waals surface area contributed by atoms with Gasteiger partial charge in [0, 0.05) is 0 Å². The second kappa shape index (κ2) is 11.5. The van der Waals surface area contributed by atoms with Gasteiger partial charge in [-0.15, -0.1) is 0 Å². The second-order valence-electron chi connectivity index (χ2n) is 3.18. The van der Waals surface area contributed by atoms with Gasteiger partial charge in [0.1, 0.15) is 0 Å². The fraction of sp³-hybridized carbons (Fsp3) is 0.154. The molecule has 0 fully saturated rings. The molecule has 0 aliphatic carbocycles. The maximum absolute atomic E-state index is 5.54. The summed E-state index contributed by atoms with van der Waals surface area (Å²) in [6.45, 7) is 3.96. The van der Waals surface area contributed by atoms with E-state index in [0.717, 1.165) is 0 Å². The summed E-state index contributed by atoms with van der Waals surface area (Å²) in [5, 5.41) is 0. The molecule has 0 aliphatic rings. The van der Waals surface area contributed by atoms with Gasteiger partial charge < -0.3 is 0 Å². The summed E-state index contributed by atoms with van der Waals surface area (Å²) in [5.41, 5.74) is 0. The molecular formula is C13H16Cl2Zr-2. The summed E-state index contributed by atoms with van der Waals surface area (Å²) >= 11 is -1.84. The first-order valence-electron chi connectivity index (χ1n) is 4.96. The molecule has 2 aromatic carbocycles. The van der Waals surface area contributed by atoms with Crippen LogP contribution in [0.1, 0.15) is 13.8 Å². The zero-order valence-electron chi connectivity index (χ0n) is 9.53. The summed E-state index contributed by atoms with van der Waals surface area (Å²) in [7, 11) is 11.1. The molecule has 0 unspecified atom stereocenters. The molecule has 3 heteroatoms. The molecule has 16 heavy (non-hydrogen) atoms. The van der Waals surface area contributed by atoms with Crippen LogP contribution in [0.4, 0.5) is 0 Å². The molecule has 0 radical (unpaired) electrons. The standard InChI is InChI=1S/2C5H5.C3H6.2ClH.Zr/c2*1-2-4-5-3-1;1-3-2;;;/h2*1-5H;1-2H3;2*1H;/q2*-1;;;;+2/p-2. The van der Waals surface area contributed by atoms with Gasteiger partial charge in [-0.3, -0.25) is 0 Å². The average molecular weight is 334 g/mol. The molecule has 0 saturated heterocycles. The molecule has 0 atom stereocenters. The van der Waals surface area contributed by atoms with Crippen molar-refractivity contribution in [1.82, 2.24) is 0 Å². The Kier molecular flexibility index (Phi) is 11.5. The van der Waals surface area contributed by atoms with Crippen LogP contribution >= 0.6 is 17.0 Å². The molecule has 0 N–H and O–H groups in total. The zero-order chi connectivity index (χ0) is 12.2. The van der Waals surface area contributed by atoms with Crippen LogP contribution in [0.3, 0.4) is 0 Å². The molecule has 0 nitrogen and oxygen atoms in total. The van der Waals surface area contributed by atoms with Gasteiger partial charge in [0.2, 0.25) is 0 Å². The zero-order valence-corrected chi connectivity index (χ0v) is 13.5. The Balaban J connectivity index is 0.000000211. The van der Waals surface area contributed by atoms with E-state index >= 15 is 0 Å². The van der Waals surface area contributed by atoms with E-state index in [2.05, 4.69) is 0 Å². The van der Waals surface area contributed by atoms with Crippen LogP contribution in [0.25, 0.3) is 0 Å². The van der Waals surface area contributed by atoms with Crippen LogP contribution in [0, 0.1) is 0 Å². The normalized spacial score (nSPS) is 8.00. The van der Waals surface area contributed by atoms with Gasteiger partial charge in [0.25, 0.3) is 0 Å². The fourth-order valence-electron chi connectivity index (χ4n) is 0.642. The van der Waals surface area contributed by atoms with Crippen molar-refractivity contribution in [3.8, 4) is 0 Å². The predicted molar refractivity (Wildman–Crippen MR) is 72.1 cm³/mol. The number of halogens is 2. The Labute approximate surface area is 113 Å². The Hall–Kier alpha value is 0.0331. The molecule has 88 valence electrons. The molecule has 0 amide bonds. The van der Waals surface area contributed by atoms with Gasteiger partial charge in [0.05, 0.1) is 0 Å². The van der Waals surface area contributed by atoms with Crippen LogP contribution in [0.5, 0.6) is 0 Å². The first-order valence-corrected chi connectivity index (χ1v) is 12.5. The monoisotopic (exact) mass is 332 g/mol. The van der Waals surface area contributed by atoms with Gasteiger partial charge in [-0.2, -0.15) is 36.4 Å². The van der Waals surface area contributed by atoms with Crippen LogP contribution in [-0.2, 0) is 18.9 Å². The third-order valence-corrected chi connectivity index (χ3v) is 7.82. The van der Waals surface area contributed by atoms with Crippen molar-refractivity contribution in [2.45, 2.75) is 13.8 Å². The number of hydrogen-bond acceptors (Lipinski definition) is 0. The first-order chi connectivity index (χ1) is 7.64. The van der Waals surface area contributed by atoms with Crippen molar-refractivity contribution in [2.24, 2.45) is 0 Å². The Morgan fingerprint density at radius 2 is 1.06 bits per heavy atom. The van der Waals surface area contributed by atoms with Crippen LogP contribution in [0.15, 0.2) is 60.7 Å². The number of rotatable bonds is 0. The Morgan fingerprint density at radius 3 is 1.12 bits per heavy atom. The summed E-state index contributed by atoms with van der Waals surface area (Å²) < 4.78 is 1.24. The van der Waals surface area contributed by atoms with E-state index in [1.54, 1.807) is 0 Å². The summed E-state index contributed by atoms with van der Waals surface area (Å²) in [4.78, 5) is 0. The molecule has 2 aromatic rings. The van der Waals surface area contributed by atoms with Gasteiger partial charge >= 0.3 is 53.0 Å². The molecular weight excluding hydrogens is 318 g/mol. The van der Waals surface area contributed by atoms with Crippen LogP contribution < -0.4 is 0 Å². The smallest absolute Gasteiger partial charge is 0.172 e. The molecule has 0 bridgehead atoms. The fourth-order valence-corrected chi connectivity index (χ4v) is 0.642. The van der Waals surface area contributed by atoms with E-state index < -0.39 is 18.9 Å². The Bertz CT molecular complexity index is 269. The minimum absolute atomic E-state index is 1.24. The van der Waals surface area contributed by atoms with Gasteiger partial charge in [0.15, 0.2) is 0 Å². The van der Waals surface area contributed by atoms with E-state index in [4.69, 9.17) is 17.0 Å². The maximum Gasteiger partial charge on any atom is -0.172 e. The molecule has 0 heterocycles. The van der Waals surface area contributed by atoms with E-state index in [1.165, 1.54) is 3.21 Å². The first kappa shape index (κ1) is 16.0. The third kappa shape index (κ3) is 12.1. The van der Waals surface area contributed by atoms with E-state index in [1.807, 2.05) is 74.5 Å². The van der Waals surface area contributed by atoms with Crippen LogP contribution in [-0.4, -0.2) is 3.21 Å². The molecule has 0 aromatic heterocycles. The van der Waals surface area contributed by atoms with E-state index in [-0.39, 0.29) is 0 Å². The third-order valence-electron chi connectivity index (χ3n) is 1.49. The van der Waals surface area contributed by atoms with Crippen LogP contribution in [0.2, 0.25) is 0 Å².